The van der Waals surface area contributed by atoms with E-state index in [1.54, 1.807) is 50.2 Å². The Balaban J connectivity index is 1.69. The number of carbonyl (C=O) groups excluding carboxylic acids is 1. The lowest BCUT2D eigenvalue weighted by atomic mass is 9.96. The molecule has 1 fully saturated rings. The summed E-state index contributed by atoms with van der Waals surface area (Å²) in [6.07, 6.45) is -9.94. The molecule has 1 aromatic heterocycles. The molecule has 2 heterocycles. The number of nitrogens with zero attached hydrogens (tertiary/aromatic N) is 1. The number of hydrogen-bond acceptors (Lipinski definition) is 10. The van der Waals surface area contributed by atoms with Crippen molar-refractivity contribution in [2.45, 2.75) is 63.4 Å². The van der Waals surface area contributed by atoms with Crippen LogP contribution in [0.15, 0.2) is 58.3 Å². The number of alkyl halides is 2. The third-order valence-corrected chi connectivity index (χ3v) is 8.39. The SMILES string of the molecule is CC(C)OC(=O)[C@H](C)NP(=O)(OC[C@@]1(C(F)F)O[C@@H](n2cc(Cl)c(=O)[nH]c2=O)[C@H](O)[C@H]1O)Oc1cccc2ccccc12. The summed E-state index contributed by atoms with van der Waals surface area (Å²) < 4.78 is 65.4. The second kappa shape index (κ2) is 12.8. The number of fused-ring (bicyclic) bond motifs is 1. The Kier molecular flexibility index (Phi) is 9.76. The van der Waals surface area contributed by atoms with Crippen LogP contribution in [0.2, 0.25) is 5.02 Å². The average molecular weight is 648 g/mol. The number of benzene rings is 2. The smallest absolute Gasteiger partial charge is 0.459 e. The number of H-pyrrole nitrogens is 1. The molecule has 0 bridgehead atoms. The number of esters is 1. The summed E-state index contributed by atoms with van der Waals surface area (Å²) in [5, 5.41) is 24.3. The summed E-state index contributed by atoms with van der Waals surface area (Å²) in [5.74, 6) is -0.851. The number of aromatic nitrogens is 2. The summed E-state index contributed by atoms with van der Waals surface area (Å²) in [7, 11) is -4.79. The Morgan fingerprint density at radius 2 is 1.86 bits per heavy atom. The van der Waals surface area contributed by atoms with E-state index in [1.807, 2.05) is 4.98 Å². The standard InChI is InChI=1S/C26H29ClF2N3O10P/c1-13(2)40-23(36)14(3)31-43(38,42-18-10-6-8-15-7-4-5-9-16(15)18)39-12-26(24(28)29)20(34)19(33)22(41-26)32-11-17(27)21(35)30-25(32)37/h4-11,13-14,19-20,22,24,33-34H,12H2,1-3H3,(H,31,38)(H,30,35,37)/t14-,19+,20+,22+,26+,43?/m0/s1. The third-order valence-electron chi connectivity index (χ3n) is 6.51. The molecule has 0 spiro atoms. The highest BCUT2D eigenvalue weighted by molar-refractivity contribution is 7.52. The van der Waals surface area contributed by atoms with Gasteiger partial charge in [-0.15, -0.1) is 0 Å². The molecule has 234 valence electrons. The minimum atomic E-state index is -4.79. The highest BCUT2D eigenvalue weighted by atomic mass is 35.5. The van der Waals surface area contributed by atoms with Gasteiger partial charge in [0.1, 0.15) is 29.0 Å². The lowest BCUT2D eigenvalue weighted by Gasteiger charge is -2.32. The van der Waals surface area contributed by atoms with Crippen LogP contribution in [0.4, 0.5) is 8.78 Å². The van der Waals surface area contributed by atoms with Crippen molar-refractivity contribution >= 4 is 36.1 Å². The van der Waals surface area contributed by atoms with E-state index in [2.05, 4.69) is 5.09 Å². The molecule has 3 aromatic rings. The summed E-state index contributed by atoms with van der Waals surface area (Å²) >= 11 is 5.75. The first-order valence-electron chi connectivity index (χ1n) is 12.9. The first-order valence-corrected chi connectivity index (χ1v) is 14.8. The van der Waals surface area contributed by atoms with Crippen molar-refractivity contribution < 1.29 is 46.9 Å². The Bertz CT molecular complexity index is 1650. The first-order chi connectivity index (χ1) is 20.2. The lowest BCUT2D eigenvalue weighted by Crippen LogP contribution is -2.53. The molecular weight excluding hydrogens is 619 g/mol. The summed E-state index contributed by atoms with van der Waals surface area (Å²) in [6.45, 7) is 3.08. The van der Waals surface area contributed by atoms with E-state index in [9.17, 15) is 37.9 Å². The van der Waals surface area contributed by atoms with Crippen molar-refractivity contribution in [1.82, 2.24) is 14.6 Å². The van der Waals surface area contributed by atoms with Crippen LogP contribution in [0, 0.1) is 0 Å². The second-order valence-electron chi connectivity index (χ2n) is 10.0. The van der Waals surface area contributed by atoms with Crippen LogP contribution in [0.25, 0.3) is 10.8 Å². The van der Waals surface area contributed by atoms with Gasteiger partial charge in [0.25, 0.3) is 12.0 Å². The normalized spacial score (nSPS) is 24.3. The Morgan fingerprint density at radius 1 is 1.19 bits per heavy atom. The number of carbonyl (C=O) groups is 1. The number of ether oxygens (including phenoxy) is 2. The minimum Gasteiger partial charge on any atom is -0.462 e. The number of aliphatic hydroxyl groups excluding tert-OH is 2. The van der Waals surface area contributed by atoms with Gasteiger partial charge in [-0.05, 0) is 32.2 Å². The molecule has 13 nitrogen and oxygen atoms in total. The van der Waals surface area contributed by atoms with E-state index in [-0.39, 0.29) is 5.75 Å². The van der Waals surface area contributed by atoms with Crippen LogP contribution < -0.4 is 20.9 Å². The van der Waals surface area contributed by atoms with Crippen molar-refractivity contribution in [3.8, 4) is 5.75 Å². The van der Waals surface area contributed by atoms with Gasteiger partial charge in [0.2, 0.25) is 0 Å². The Hall–Kier alpha value is -3.17. The van der Waals surface area contributed by atoms with Gasteiger partial charge < -0.3 is 24.2 Å². The predicted molar refractivity (Wildman–Crippen MR) is 149 cm³/mol. The van der Waals surface area contributed by atoms with Crippen molar-refractivity contribution in [3.05, 3.63) is 74.5 Å². The zero-order valence-corrected chi connectivity index (χ0v) is 24.6. The fraction of sp³-hybridized carbons (Fsp3) is 0.423. The monoisotopic (exact) mass is 647 g/mol. The van der Waals surface area contributed by atoms with E-state index in [0.717, 1.165) is 6.20 Å². The topological polar surface area (TPSA) is 178 Å². The quantitative estimate of drug-likeness (QED) is 0.178. The molecule has 1 aliphatic rings. The van der Waals surface area contributed by atoms with Gasteiger partial charge in [-0.1, -0.05) is 48.0 Å². The van der Waals surface area contributed by atoms with E-state index in [0.29, 0.717) is 15.3 Å². The molecule has 2 aromatic carbocycles. The predicted octanol–water partition coefficient (Wildman–Crippen LogP) is 2.73. The van der Waals surface area contributed by atoms with Crippen LogP contribution in [0.3, 0.4) is 0 Å². The van der Waals surface area contributed by atoms with Gasteiger partial charge in [0.05, 0.1) is 12.7 Å². The van der Waals surface area contributed by atoms with Crippen LogP contribution in [-0.2, 0) is 23.4 Å². The number of hydrogen-bond donors (Lipinski definition) is 4. The molecule has 4 rings (SSSR count). The molecule has 1 saturated heterocycles. The maximum absolute atomic E-state index is 14.6. The number of rotatable bonds is 11. The lowest BCUT2D eigenvalue weighted by molar-refractivity contribution is -0.192. The van der Waals surface area contributed by atoms with Crippen molar-refractivity contribution in [2.75, 3.05) is 6.61 Å². The summed E-state index contributed by atoms with van der Waals surface area (Å²) in [4.78, 5) is 38.3. The van der Waals surface area contributed by atoms with Gasteiger partial charge in [0, 0.05) is 11.6 Å². The van der Waals surface area contributed by atoms with Crippen LogP contribution >= 0.6 is 19.3 Å². The van der Waals surface area contributed by atoms with Crippen LogP contribution in [-0.4, -0.2) is 68.7 Å². The Morgan fingerprint density at radius 3 is 2.53 bits per heavy atom. The van der Waals surface area contributed by atoms with Crippen molar-refractivity contribution in [3.63, 3.8) is 0 Å². The highest BCUT2D eigenvalue weighted by Crippen LogP contribution is 2.50. The Labute approximate surface area is 247 Å². The molecule has 4 N–H and O–H groups in total. The zero-order chi connectivity index (χ0) is 31.7. The molecule has 0 saturated carbocycles. The molecule has 1 unspecified atom stereocenters. The largest absolute Gasteiger partial charge is 0.462 e. The molecule has 6 atom stereocenters. The van der Waals surface area contributed by atoms with E-state index in [4.69, 9.17) is 30.1 Å². The fourth-order valence-corrected chi connectivity index (χ4v) is 6.05. The van der Waals surface area contributed by atoms with Crippen LogP contribution in [0.1, 0.15) is 27.0 Å². The maximum atomic E-state index is 14.6. The molecule has 0 radical (unpaired) electrons. The zero-order valence-electron chi connectivity index (χ0n) is 23.0. The van der Waals surface area contributed by atoms with Gasteiger partial charge in [-0.3, -0.25) is 23.7 Å². The summed E-state index contributed by atoms with van der Waals surface area (Å²) in [5.41, 5.74) is -5.24. The van der Waals surface area contributed by atoms with Crippen LogP contribution in [0.5, 0.6) is 5.75 Å². The van der Waals surface area contributed by atoms with Gasteiger partial charge in [0.15, 0.2) is 11.8 Å². The summed E-state index contributed by atoms with van der Waals surface area (Å²) in [6, 6.07) is 10.2. The molecule has 1 aliphatic heterocycles. The third kappa shape index (κ3) is 6.83. The molecule has 0 amide bonds. The van der Waals surface area contributed by atoms with Gasteiger partial charge >= 0.3 is 19.4 Å². The van der Waals surface area contributed by atoms with Gasteiger partial charge in [-0.25, -0.2) is 18.1 Å². The number of aliphatic hydroxyl groups is 2. The fourth-order valence-electron chi connectivity index (χ4n) is 4.35. The van der Waals surface area contributed by atoms with Crippen molar-refractivity contribution in [2.24, 2.45) is 0 Å². The number of halogens is 3. The molecule has 17 heteroatoms. The highest BCUT2D eigenvalue weighted by Gasteiger charge is 2.61. The van der Waals surface area contributed by atoms with E-state index >= 15 is 0 Å². The number of aromatic amines is 1. The average Bonchev–Trinajstić information content (AvgIpc) is 3.20. The number of nitrogens with one attached hydrogen (secondary N) is 2. The maximum Gasteiger partial charge on any atom is 0.459 e. The molecule has 0 aliphatic carbocycles. The van der Waals surface area contributed by atoms with E-state index in [1.165, 1.54) is 13.0 Å². The van der Waals surface area contributed by atoms with Gasteiger partial charge in [-0.2, -0.15) is 5.09 Å². The first kappa shape index (κ1) is 32.7. The van der Waals surface area contributed by atoms with E-state index < -0.39 is 79.2 Å². The molecular formula is C26H29ClF2N3O10P. The second-order valence-corrected chi connectivity index (χ2v) is 12.1. The minimum absolute atomic E-state index is 0.00434. The molecule has 43 heavy (non-hydrogen) atoms. The van der Waals surface area contributed by atoms with Crippen molar-refractivity contribution in [1.29, 1.82) is 0 Å².